The predicted molar refractivity (Wildman–Crippen MR) is 76.4 cm³/mol. The molecule has 0 bridgehead atoms. The zero-order chi connectivity index (χ0) is 13.7. The molecular formula is C14H18BrNO3. The third-order valence-corrected chi connectivity index (χ3v) is 3.89. The van der Waals surface area contributed by atoms with Gasteiger partial charge in [0.2, 0.25) is 5.91 Å². The topological polar surface area (TPSA) is 62.5 Å². The minimum absolute atomic E-state index is 0.0826. The van der Waals surface area contributed by atoms with E-state index in [2.05, 4.69) is 21.2 Å². The van der Waals surface area contributed by atoms with Gasteiger partial charge in [-0.1, -0.05) is 12.8 Å². The van der Waals surface area contributed by atoms with E-state index in [0.717, 1.165) is 25.7 Å². The molecule has 0 aromatic carbocycles. The van der Waals surface area contributed by atoms with Crippen LogP contribution in [0.4, 0.5) is 0 Å². The minimum Gasteiger partial charge on any atom is -0.450 e. The lowest BCUT2D eigenvalue weighted by atomic mass is 9.85. The van der Waals surface area contributed by atoms with E-state index in [1.165, 1.54) is 6.08 Å². The van der Waals surface area contributed by atoms with E-state index in [4.69, 9.17) is 4.42 Å². The number of carbonyl (C=O) groups is 1. The van der Waals surface area contributed by atoms with Crippen molar-refractivity contribution in [1.82, 2.24) is 5.32 Å². The normalized spacial score (nSPS) is 23.7. The summed E-state index contributed by atoms with van der Waals surface area (Å²) in [5.41, 5.74) is 0. The molecule has 4 nitrogen and oxygen atoms in total. The summed E-state index contributed by atoms with van der Waals surface area (Å²) in [6.45, 7) is 0.139. The Labute approximate surface area is 121 Å². The Bertz CT molecular complexity index is 455. The summed E-state index contributed by atoms with van der Waals surface area (Å²) in [5, 5.41) is 12.3. The summed E-state index contributed by atoms with van der Waals surface area (Å²) in [6.07, 6.45) is 7.27. The van der Waals surface area contributed by atoms with Crippen LogP contribution < -0.4 is 5.32 Å². The van der Waals surface area contributed by atoms with E-state index >= 15 is 0 Å². The molecule has 2 atom stereocenters. The van der Waals surface area contributed by atoms with Crippen LogP contribution in [0.25, 0.3) is 6.08 Å². The molecular weight excluding hydrogens is 310 g/mol. The molecule has 1 fully saturated rings. The molecule has 1 aromatic rings. The molecule has 1 aromatic heterocycles. The minimum atomic E-state index is -0.141. The molecule has 2 rings (SSSR count). The summed E-state index contributed by atoms with van der Waals surface area (Å²) in [4.78, 5) is 11.8. The van der Waals surface area contributed by atoms with Gasteiger partial charge >= 0.3 is 0 Å². The van der Waals surface area contributed by atoms with Gasteiger partial charge < -0.3 is 14.8 Å². The number of halogens is 1. The van der Waals surface area contributed by atoms with Gasteiger partial charge in [0, 0.05) is 24.6 Å². The summed E-state index contributed by atoms with van der Waals surface area (Å²) in [6, 6.07) is 3.64. The number of nitrogens with one attached hydrogen (secondary N) is 1. The van der Waals surface area contributed by atoms with Crippen molar-refractivity contribution in [3.63, 3.8) is 0 Å². The average molecular weight is 328 g/mol. The number of hydrogen-bond acceptors (Lipinski definition) is 3. The summed E-state index contributed by atoms with van der Waals surface area (Å²) in [5.74, 6) is 0.672. The van der Waals surface area contributed by atoms with Gasteiger partial charge in [-0.15, -0.1) is 0 Å². The van der Waals surface area contributed by atoms with Crippen molar-refractivity contribution >= 4 is 27.9 Å². The van der Waals surface area contributed by atoms with Gasteiger partial charge in [0.25, 0.3) is 0 Å². The lowest BCUT2D eigenvalue weighted by Crippen LogP contribution is -2.42. The molecule has 1 heterocycles. The maximum atomic E-state index is 11.8. The summed E-state index contributed by atoms with van der Waals surface area (Å²) >= 11 is 3.21. The van der Waals surface area contributed by atoms with E-state index in [1.54, 1.807) is 18.2 Å². The van der Waals surface area contributed by atoms with Crippen molar-refractivity contribution in [3.05, 3.63) is 28.6 Å². The average Bonchev–Trinajstić information content (AvgIpc) is 2.83. The van der Waals surface area contributed by atoms with Crippen LogP contribution in [0.3, 0.4) is 0 Å². The molecule has 0 spiro atoms. The van der Waals surface area contributed by atoms with Gasteiger partial charge in [-0.25, -0.2) is 0 Å². The smallest absolute Gasteiger partial charge is 0.244 e. The Morgan fingerprint density at radius 3 is 2.95 bits per heavy atom. The molecule has 0 saturated heterocycles. The fraction of sp³-hybridized carbons (Fsp3) is 0.500. The zero-order valence-electron chi connectivity index (χ0n) is 10.6. The monoisotopic (exact) mass is 327 g/mol. The third-order valence-electron chi connectivity index (χ3n) is 3.46. The largest absolute Gasteiger partial charge is 0.450 e. The first kappa shape index (κ1) is 14.3. The van der Waals surface area contributed by atoms with Crippen LogP contribution >= 0.6 is 15.9 Å². The highest BCUT2D eigenvalue weighted by Gasteiger charge is 2.25. The maximum Gasteiger partial charge on any atom is 0.244 e. The number of carbonyl (C=O) groups excluding carboxylic acids is 1. The van der Waals surface area contributed by atoms with Gasteiger partial charge in [0.15, 0.2) is 4.67 Å². The number of rotatable bonds is 4. The van der Waals surface area contributed by atoms with Gasteiger partial charge in [-0.05, 0) is 47.0 Å². The number of amides is 1. The third kappa shape index (κ3) is 4.21. The molecule has 1 aliphatic rings. The Hall–Kier alpha value is -1.07. The lowest BCUT2D eigenvalue weighted by molar-refractivity contribution is -0.117. The van der Waals surface area contributed by atoms with Crippen LogP contribution in [0.2, 0.25) is 0 Å². The van der Waals surface area contributed by atoms with Gasteiger partial charge in [-0.2, -0.15) is 0 Å². The van der Waals surface area contributed by atoms with E-state index in [1.807, 2.05) is 0 Å². The van der Waals surface area contributed by atoms with Gasteiger partial charge in [0.1, 0.15) is 5.76 Å². The highest BCUT2D eigenvalue weighted by atomic mass is 79.9. The Morgan fingerprint density at radius 1 is 1.47 bits per heavy atom. The first-order chi connectivity index (χ1) is 9.19. The van der Waals surface area contributed by atoms with Crippen LogP contribution in [0.15, 0.2) is 27.3 Å². The predicted octanol–water partition coefficient (Wildman–Crippen LogP) is 2.72. The van der Waals surface area contributed by atoms with Crippen LogP contribution in [-0.4, -0.2) is 23.7 Å². The van der Waals surface area contributed by atoms with Crippen molar-refractivity contribution in [2.75, 3.05) is 6.61 Å². The molecule has 1 amide bonds. The van der Waals surface area contributed by atoms with Crippen molar-refractivity contribution in [1.29, 1.82) is 0 Å². The zero-order valence-corrected chi connectivity index (χ0v) is 12.2. The first-order valence-corrected chi connectivity index (χ1v) is 7.33. The maximum absolute atomic E-state index is 11.8. The molecule has 2 N–H and O–H groups in total. The fourth-order valence-corrected chi connectivity index (χ4v) is 2.74. The lowest BCUT2D eigenvalue weighted by Gasteiger charge is -2.30. The summed E-state index contributed by atoms with van der Waals surface area (Å²) in [7, 11) is 0. The van der Waals surface area contributed by atoms with E-state index < -0.39 is 0 Å². The molecule has 19 heavy (non-hydrogen) atoms. The molecule has 5 heteroatoms. The second-order valence-corrected chi connectivity index (χ2v) is 5.60. The molecule has 104 valence electrons. The molecule has 2 unspecified atom stereocenters. The number of furan rings is 1. The van der Waals surface area contributed by atoms with E-state index in [0.29, 0.717) is 10.4 Å². The van der Waals surface area contributed by atoms with Crippen LogP contribution in [-0.2, 0) is 4.79 Å². The molecule has 1 saturated carbocycles. The van der Waals surface area contributed by atoms with Crippen molar-refractivity contribution in [3.8, 4) is 0 Å². The Morgan fingerprint density at radius 2 is 2.26 bits per heavy atom. The number of hydrogen-bond donors (Lipinski definition) is 2. The van der Waals surface area contributed by atoms with Gasteiger partial charge in [0.05, 0.1) is 0 Å². The van der Waals surface area contributed by atoms with Crippen molar-refractivity contribution in [2.24, 2.45) is 5.92 Å². The Balaban J connectivity index is 1.88. The molecule has 0 aliphatic heterocycles. The van der Waals surface area contributed by atoms with Crippen LogP contribution in [0, 0.1) is 5.92 Å². The second-order valence-electron chi connectivity index (χ2n) is 4.82. The number of aliphatic hydroxyl groups is 1. The van der Waals surface area contributed by atoms with E-state index in [9.17, 15) is 9.90 Å². The fourth-order valence-electron chi connectivity index (χ4n) is 2.42. The van der Waals surface area contributed by atoms with Crippen LogP contribution in [0.1, 0.15) is 31.4 Å². The van der Waals surface area contributed by atoms with Crippen molar-refractivity contribution < 1.29 is 14.3 Å². The molecule has 1 aliphatic carbocycles. The van der Waals surface area contributed by atoms with Crippen molar-refractivity contribution in [2.45, 2.75) is 31.7 Å². The number of aliphatic hydroxyl groups excluding tert-OH is 1. The summed E-state index contributed by atoms with van der Waals surface area (Å²) < 4.78 is 5.92. The quantitative estimate of drug-likeness (QED) is 0.836. The molecule has 0 radical (unpaired) electrons. The second kappa shape index (κ2) is 6.91. The standard InChI is InChI=1S/C14H18BrNO3/c15-13-7-5-11(19-13)6-8-14(18)16-12-4-2-1-3-10(12)9-17/h5-8,10,12,17H,1-4,9H2,(H,16,18)/b8-6+. The SMILES string of the molecule is O=C(/C=C/c1ccc(Br)o1)NC1CCCCC1CO. The highest BCUT2D eigenvalue weighted by molar-refractivity contribution is 9.10. The first-order valence-electron chi connectivity index (χ1n) is 6.54. The van der Waals surface area contributed by atoms with E-state index in [-0.39, 0.29) is 24.5 Å². The van der Waals surface area contributed by atoms with Crippen LogP contribution in [0.5, 0.6) is 0 Å². The Kier molecular flexibility index (Phi) is 5.22. The highest BCUT2D eigenvalue weighted by Crippen LogP contribution is 2.24. The van der Waals surface area contributed by atoms with Gasteiger partial charge in [-0.3, -0.25) is 4.79 Å².